The predicted molar refractivity (Wildman–Crippen MR) is 158 cm³/mol. The number of fused-ring (bicyclic) bond motifs is 1. The van der Waals surface area contributed by atoms with Gasteiger partial charge in [0.25, 0.3) is 5.92 Å². The summed E-state index contributed by atoms with van der Waals surface area (Å²) < 4.78 is 51.4. The van der Waals surface area contributed by atoms with Gasteiger partial charge in [0, 0.05) is 42.4 Å². The Morgan fingerprint density at radius 1 is 1.22 bits per heavy atom. The van der Waals surface area contributed by atoms with Gasteiger partial charge in [0.2, 0.25) is 5.91 Å². The summed E-state index contributed by atoms with van der Waals surface area (Å²) in [7, 11) is 0. The van der Waals surface area contributed by atoms with Crippen LogP contribution in [0.1, 0.15) is 54.8 Å². The maximum atomic E-state index is 15.6. The first-order chi connectivity index (χ1) is 21.5. The van der Waals surface area contributed by atoms with Crippen LogP contribution < -0.4 is 5.32 Å². The summed E-state index contributed by atoms with van der Waals surface area (Å²) in [5, 5.41) is 14.8. The number of rotatable bonds is 8. The van der Waals surface area contributed by atoms with Crippen LogP contribution in [-0.4, -0.2) is 87.8 Å². The number of carbonyl (C=O) groups is 3. The zero-order valence-corrected chi connectivity index (χ0v) is 25.7. The number of nitrogens with zero attached hydrogens (tertiary/aromatic N) is 4. The van der Waals surface area contributed by atoms with Gasteiger partial charge in [-0.3, -0.25) is 19.5 Å². The molecule has 1 amide bonds. The van der Waals surface area contributed by atoms with E-state index in [1.165, 1.54) is 33.3 Å². The fraction of sp³-hybridized carbons (Fsp3) is 0.516. The number of halogens is 3. The van der Waals surface area contributed by atoms with Crippen LogP contribution in [0.2, 0.25) is 0 Å². The largest absolute Gasteiger partial charge is 0.481 e. The zero-order valence-electron chi connectivity index (χ0n) is 24.8. The van der Waals surface area contributed by atoms with Crippen molar-refractivity contribution >= 4 is 35.0 Å². The molecule has 0 radical (unpaired) electrons. The number of likely N-dealkylation sites (tertiary alicyclic amines) is 2. The van der Waals surface area contributed by atoms with Crippen LogP contribution in [0, 0.1) is 24.6 Å². The molecule has 14 heteroatoms. The number of thiazole rings is 1. The number of carboxylic acid groups (broad SMARTS) is 1. The molecule has 2 N–H and O–H groups in total. The van der Waals surface area contributed by atoms with Crippen molar-refractivity contribution in [2.45, 2.75) is 63.6 Å². The number of nitrogens with one attached hydrogen (secondary N) is 1. The van der Waals surface area contributed by atoms with E-state index in [4.69, 9.17) is 9.73 Å². The second-order valence-corrected chi connectivity index (χ2v) is 12.8. The molecule has 45 heavy (non-hydrogen) atoms. The Morgan fingerprint density at radius 2 is 1.98 bits per heavy atom. The van der Waals surface area contributed by atoms with E-state index in [2.05, 4.69) is 10.3 Å². The van der Waals surface area contributed by atoms with E-state index in [-0.39, 0.29) is 42.6 Å². The van der Waals surface area contributed by atoms with Gasteiger partial charge in [0.05, 0.1) is 24.6 Å². The van der Waals surface area contributed by atoms with Crippen molar-refractivity contribution in [3.8, 4) is 0 Å². The fourth-order valence-electron chi connectivity index (χ4n) is 7.12. The number of alkyl halides is 2. The number of aliphatic imine (C=N–C) groups is 1. The molecule has 3 aliphatic heterocycles. The van der Waals surface area contributed by atoms with Gasteiger partial charge in [-0.1, -0.05) is 12.1 Å². The average molecular weight is 646 g/mol. The lowest BCUT2D eigenvalue weighted by Gasteiger charge is -2.35. The first-order valence-corrected chi connectivity index (χ1v) is 15.9. The molecule has 2 aromatic rings. The standard InChI is InChI=1S/C31H34F3N5O5S/c1-3-44-30(43)23-21(36-26(27-35-11-12-45-27)37-25(23)19-5-4-6-20(32)16(19)2)13-38-15-31(33,34)24-22(38)14-39(28(24)40)18-9-7-17(8-10-18)29(41)42/h4-6,11-12,17-18,22,24-25H,3,7-10,13-15H2,1-2H3,(H,36,37)(H,41,42). The topological polar surface area (TPSA) is 124 Å². The highest BCUT2D eigenvalue weighted by atomic mass is 32.1. The van der Waals surface area contributed by atoms with E-state index >= 15 is 8.78 Å². The Balaban J connectivity index is 1.35. The minimum absolute atomic E-state index is 0.0492. The van der Waals surface area contributed by atoms with Gasteiger partial charge in [0.1, 0.15) is 17.8 Å². The highest BCUT2D eigenvalue weighted by Crippen LogP contribution is 2.46. The minimum Gasteiger partial charge on any atom is -0.481 e. The van der Waals surface area contributed by atoms with Crippen molar-refractivity contribution in [3.63, 3.8) is 0 Å². The minimum atomic E-state index is -3.32. The van der Waals surface area contributed by atoms with Crippen molar-refractivity contribution in [1.29, 1.82) is 0 Å². The van der Waals surface area contributed by atoms with Crippen LogP contribution >= 0.6 is 11.3 Å². The van der Waals surface area contributed by atoms with Crippen LogP contribution in [0.3, 0.4) is 0 Å². The molecule has 2 saturated heterocycles. The number of amides is 1. The number of aliphatic carboxylic acids is 1. The number of aromatic nitrogens is 1. The summed E-state index contributed by atoms with van der Waals surface area (Å²) >= 11 is 1.29. The number of carbonyl (C=O) groups excluding carboxylic acids is 2. The summed E-state index contributed by atoms with van der Waals surface area (Å²) in [6.07, 6.45) is 3.24. The third kappa shape index (κ3) is 5.73. The molecule has 3 atom stereocenters. The summed E-state index contributed by atoms with van der Waals surface area (Å²) in [6, 6.07) is 2.36. The summed E-state index contributed by atoms with van der Waals surface area (Å²) in [6.45, 7) is 2.52. The number of benzene rings is 1. The molecular weight excluding hydrogens is 611 g/mol. The molecule has 3 fully saturated rings. The number of esters is 1. The Labute approximate surface area is 262 Å². The maximum absolute atomic E-state index is 15.6. The highest BCUT2D eigenvalue weighted by molar-refractivity contribution is 7.11. The van der Waals surface area contributed by atoms with Crippen LogP contribution in [0.4, 0.5) is 13.2 Å². The molecule has 0 spiro atoms. The van der Waals surface area contributed by atoms with Gasteiger partial charge in [-0.05, 0) is 56.7 Å². The Bertz CT molecular complexity index is 1560. The molecule has 3 unspecified atom stereocenters. The molecule has 1 aliphatic carbocycles. The Hall–Kier alpha value is -3.78. The first kappa shape index (κ1) is 31.2. The predicted octanol–water partition coefficient (Wildman–Crippen LogP) is 3.92. The maximum Gasteiger partial charge on any atom is 0.338 e. The first-order valence-electron chi connectivity index (χ1n) is 15.0. The van der Waals surface area contributed by atoms with Gasteiger partial charge in [-0.25, -0.2) is 22.9 Å². The lowest BCUT2D eigenvalue weighted by molar-refractivity contribution is -0.145. The Kier molecular flexibility index (Phi) is 8.46. The van der Waals surface area contributed by atoms with E-state index in [9.17, 15) is 23.9 Å². The molecule has 240 valence electrons. The smallest absolute Gasteiger partial charge is 0.338 e. The lowest BCUT2D eigenvalue weighted by Crippen LogP contribution is -2.46. The lowest BCUT2D eigenvalue weighted by atomic mass is 9.85. The van der Waals surface area contributed by atoms with Crippen molar-refractivity contribution in [2.24, 2.45) is 16.8 Å². The van der Waals surface area contributed by atoms with E-state index in [0.717, 1.165) is 0 Å². The molecule has 4 aliphatic rings. The molecule has 1 aromatic heterocycles. The highest BCUT2D eigenvalue weighted by Gasteiger charge is 2.63. The molecule has 6 rings (SSSR count). The summed E-state index contributed by atoms with van der Waals surface area (Å²) in [5.74, 6) is -7.76. The van der Waals surface area contributed by atoms with Gasteiger partial charge in [-0.15, -0.1) is 11.3 Å². The number of carboxylic acids is 1. The summed E-state index contributed by atoms with van der Waals surface area (Å²) in [4.78, 5) is 50.5. The molecule has 4 heterocycles. The SMILES string of the molecule is CCOC(=O)C1=C(CN2CC(F)(F)C3C(=O)N(C4CCC(C(=O)O)CC4)CC32)NC(c2nccs2)=NC1c1cccc(F)c1C. The van der Waals surface area contributed by atoms with E-state index in [0.29, 0.717) is 42.1 Å². The molecular formula is C31H34F3N5O5S. The third-order valence-electron chi connectivity index (χ3n) is 9.36. The van der Waals surface area contributed by atoms with Gasteiger partial charge in [0.15, 0.2) is 10.8 Å². The van der Waals surface area contributed by atoms with E-state index < -0.39 is 60.0 Å². The van der Waals surface area contributed by atoms with Crippen molar-refractivity contribution in [2.75, 3.05) is 26.2 Å². The second-order valence-electron chi connectivity index (χ2n) is 12.0. The van der Waals surface area contributed by atoms with Crippen molar-refractivity contribution in [3.05, 3.63) is 63.0 Å². The second kappa shape index (κ2) is 12.2. The number of hydrogen-bond acceptors (Lipinski definition) is 9. The van der Waals surface area contributed by atoms with Crippen molar-refractivity contribution in [1.82, 2.24) is 20.1 Å². The molecule has 1 aromatic carbocycles. The van der Waals surface area contributed by atoms with Crippen LogP contribution in [0.15, 0.2) is 46.0 Å². The molecule has 1 saturated carbocycles. The summed E-state index contributed by atoms with van der Waals surface area (Å²) in [5.41, 5.74) is 1.06. The van der Waals surface area contributed by atoms with Gasteiger partial charge >= 0.3 is 11.9 Å². The zero-order chi connectivity index (χ0) is 32.0. The number of amidine groups is 1. The third-order valence-corrected chi connectivity index (χ3v) is 10.1. The Morgan fingerprint density at radius 3 is 2.64 bits per heavy atom. The van der Waals surface area contributed by atoms with Crippen LogP contribution in [0.5, 0.6) is 0 Å². The monoisotopic (exact) mass is 645 g/mol. The molecule has 10 nitrogen and oxygen atoms in total. The van der Waals surface area contributed by atoms with Gasteiger partial charge < -0.3 is 20.1 Å². The average Bonchev–Trinajstić information content (AvgIpc) is 3.72. The molecule has 0 bridgehead atoms. The number of ether oxygens (including phenoxy) is 1. The number of hydrogen-bond donors (Lipinski definition) is 2. The quantitative estimate of drug-likeness (QED) is 0.414. The van der Waals surface area contributed by atoms with Crippen LogP contribution in [0.25, 0.3) is 0 Å². The van der Waals surface area contributed by atoms with Crippen LogP contribution in [-0.2, 0) is 19.1 Å². The fourth-order valence-corrected chi connectivity index (χ4v) is 7.71. The van der Waals surface area contributed by atoms with Gasteiger partial charge in [-0.2, -0.15) is 0 Å². The van der Waals surface area contributed by atoms with E-state index in [1.807, 2.05) is 0 Å². The van der Waals surface area contributed by atoms with E-state index in [1.54, 1.807) is 31.5 Å². The van der Waals surface area contributed by atoms with Crippen molar-refractivity contribution < 1.29 is 37.4 Å². The normalized spacial score (nSPS) is 28.1.